The van der Waals surface area contributed by atoms with Gasteiger partial charge in [0.05, 0.1) is 6.42 Å². The predicted molar refractivity (Wildman–Crippen MR) is 78.9 cm³/mol. The summed E-state index contributed by atoms with van der Waals surface area (Å²) >= 11 is 0. The van der Waals surface area contributed by atoms with E-state index in [0.717, 1.165) is 49.2 Å². The van der Waals surface area contributed by atoms with Gasteiger partial charge in [-0.15, -0.1) is 0 Å². The number of piperidine rings is 1. The second kappa shape index (κ2) is 6.26. The molecule has 0 radical (unpaired) electrons. The van der Waals surface area contributed by atoms with E-state index in [-0.39, 0.29) is 5.91 Å². The third-order valence-corrected chi connectivity index (χ3v) is 4.14. The van der Waals surface area contributed by atoms with Crippen LogP contribution >= 0.6 is 0 Å². The number of para-hydroxylation sites is 1. The zero-order valence-electron chi connectivity index (χ0n) is 12.2. The molecule has 1 saturated heterocycles. The summed E-state index contributed by atoms with van der Waals surface area (Å²) < 4.78 is 10.4. The van der Waals surface area contributed by atoms with Crippen LogP contribution in [0.2, 0.25) is 0 Å². The standard InChI is InChI=1S/C16H20N2O3/c1-20-11-12-6-8-18(9-7-12)16(19)10-14-13-4-2-3-5-15(13)21-17-14/h2-5,12H,6-11H2,1H3. The number of carbonyl (C=O) groups is 1. The Labute approximate surface area is 123 Å². The lowest BCUT2D eigenvalue weighted by atomic mass is 9.97. The first-order valence-electron chi connectivity index (χ1n) is 7.38. The van der Waals surface area contributed by atoms with E-state index in [4.69, 9.17) is 9.26 Å². The van der Waals surface area contributed by atoms with Crippen molar-refractivity contribution in [3.8, 4) is 0 Å². The van der Waals surface area contributed by atoms with E-state index in [1.54, 1.807) is 7.11 Å². The number of carbonyl (C=O) groups excluding carboxylic acids is 1. The summed E-state index contributed by atoms with van der Waals surface area (Å²) in [5.74, 6) is 0.705. The zero-order valence-corrected chi connectivity index (χ0v) is 12.2. The number of amides is 1. The van der Waals surface area contributed by atoms with Crippen molar-refractivity contribution in [1.29, 1.82) is 0 Å². The Hall–Kier alpha value is -1.88. The SMILES string of the molecule is COCC1CCN(C(=O)Cc2noc3ccccc23)CC1. The molecule has 2 aromatic rings. The molecule has 1 amide bonds. The minimum absolute atomic E-state index is 0.130. The van der Waals surface area contributed by atoms with Gasteiger partial charge in [-0.2, -0.15) is 0 Å². The minimum Gasteiger partial charge on any atom is -0.384 e. The molecule has 1 aromatic heterocycles. The molecule has 5 nitrogen and oxygen atoms in total. The fourth-order valence-electron chi connectivity index (χ4n) is 2.91. The highest BCUT2D eigenvalue weighted by Crippen LogP contribution is 2.21. The number of rotatable bonds is 4. The molecule has 1 fully saturated rings. The molecule has 1 aromatic carbocycles. The van der Waals surface area contributed by atoms with Crippen LogP contribution in [0, 0.1) is 5.92 Å². The van der Waals surface area contributed by atoms with Crippen LogP contribution < -0.4 is 0 Å². The summed E-state index contributed by atoms with van der Waals surface area (Å²) in [5.41, 5.74) is 1.47. The number of hydrogen-bond acceptors (Lipinski definition) is 4. The fraction of sp³-hybridized carbons (Fsp3) is 0.500. The first-order chi connectivity index (χ1) is 10.3. The van der Waals surface area contributed by atoms with Gasteiger partial charge in [-0.1, -0.05) is 17.3 Å². The van der Waals surface area contributed by atoms with Gasteiger partial charge in [-0.25, -0.2) is 0 Å². The van der Waals surface area contributed by atoms with Crippen molar-refractivity contribution in [2.24, 2.45) is 5.92 Å². The highest BCUT2D eigenvalue weighted by atomic mass is 16.5. The molecule has 0 N–H and O–H groups in total. The highest BCUT2D eigenvalue weighted by Gasteiger charge is 2.24. The second-order valence-corrected chi connectivity index (χ2v) is 5.58. The Morgan fingerprint density at radius 2 is 2.14 bits per heavy atom. The zero-order chi connectivity index (χ0) is 14.7. The lowest BCUT2D eigenvalue weighted by Gasteiger charge is -2.31. The van der Waals surface area contributed by atoms with Gasteiger partial charge in [0.1, 0.15) is 5.69 Å². The molecule has 3 rings (SSSR count). The van der Waals surface area contributed by atoms with Crippen molar-refractivity contribution in [3.05, 3.63) is 30.0 Å². The second-order valence-electron chi connectivity index (χ2n) is 5.58. The third-order valence-electron chi connectivity index (χ3n) is 4.14. The van der Waals surface area contributed by atoms with Crippen LogP contribution in [-0.2, 0) is 16.0 Å². The molecule has 0 atom stereocenters. The highest BCUT2D eigenvalue weighted by molar-refractivity contribution is 5.86. The van der Waals surface area contributed by atoms with E-state index >= 15 is 0 Å². The summed E-state index contributed by atoms with van der Waals surface area (Å²) in [7, 11) is 1.73. The summed E-state index contributed by atoms with van der Waals surface area (Å²) in [5, 5.41) is 4.96. The van der Waals surface area contributed by atoms with Crippen LogP contribution in [0.1, 0.15) is 18.5 Å². The minimum atomic E-state index is 0.130. The number of likely N-dealkylation sites (tertiary alicyclic amines) is 1. The number of nitrogens with zero attached hydrogens (tertiary/aromatic N) is 2. The van der Waals surface area contributed by atoms with Crippen LogP contribution in [0.5, 0.6) is 0 Å². The molecule has 0 aliphatic carbocycles. The average Bonchev–Trinajstić information content (AvgIpc) is 2.92. The van der Waals surface area contributed by atoms with Gasteiger partial charge in [0.2, 0.25) is 5.91 Å². The van der Waals surface area contributed by atoms with E-state index in [9.17, 15) is 4.79 Å². The topological polar surface area (TPSA) is 55.6 Å². The predicted octanol–water partition coefficient (Wildman–Crippen LogP) is 2.26. The maximum absolute atomic E-state index is 12.4. The van der Waals surface area contributed by atoms with Crippen molar-refractivity contribution >= 4 is 16.9 Å². The molecule has 0 saturated carbocycles. The number of ether oxygens (including phenoxy) is 1. The average molecular weight is 288 g/mol. The van der Waals surface area contributed by atoms with Crippen LogP contribution in [0.3, 0.4) is 0 Å². The number of benzene rings is 1. The molecule has 1 aliphatic heterocycles. The van der Waals surface area contributed by atoms with Gasteiger partial charge in [0, 0.05) is 32.2 Å². The monoisotopic (exact) mass is 288 g/mol. The van der Waals surface area contributed by atoms with Crippen molar-refractivity contribution in [2.75, 3.05) is 26.8 Å². The smallest absolute Gasteiger partial charge is 0.228 e. The molecular weight excluding hydrogens is 268 g/mol. The van der Waals surface area contributed by atoms with Crippen LogP contribution in [0.25, 0.3) is 11.0 Å². The molecule has 112 valence electrons. The van der Waals surface area contributed by atoms with Crippen LogP contribution in [0.4, 0.5) is 0 Å². The van der Waals surface area contributed by atoms with Gasteiger partial charge in [0.15, 0.2) is 5.58 Å². The summed E-state index contributed by atoms with van der Waals surface area (Å²) in [6.07, 6.45) is 2.34. The third kappa shape index (κ3) is 3.08. The molecule has 0 unspecified atom stereocenters. The van der Waals surface area contributed by atoms with Crippen molar-refractivity contribution in [1.82, 2.24) is 10.1 Å². The Kier molecular flexibility index (Phi) is 4.20. The van der Waals surface area contributed by atoms with Gasteiger partial charge >= 0.3 is 0 Å². The maximum atomic E-state index is 12.4. The van der Waals surface area contributed by atoms with Crippen LogP contribution in [-0.4, -0.2) is 42.8 Å². The number of fused-ring (bicyclic) bond motifs is 1. The molecule has 1 aliphatic rings. The summed E-state index contributed by atoms with van der Waals surface area (Å²) in [6.45, 7) is 2.40. The van der Waals surface area contributed by atoms with Crippen LogP contribution in [0.15, 0.2) is 28.8 Å². The Bertz CT molecular complexity index is 615. The van der Waals surface area contributed by atoms with Crippen molar-refractivity contribution in [3.63, 3.8) is 0 Å². The molecule has 21 heavy (non-hydrogen) atoms. The van der Waals surface area contributed by atoms with E-state index in [0.29, 0.717) is 12.3 Å². The Balaban J connectivity index is 1.62. The van der Waals surface area contributed by atoms with E-state index < -0.39 is 0 Å². The first kappa shape index (κ1) is 14.1. The quantitative estimate of drug-likeness (QED) is 0.866. The normalized spacial score (nSPS) is 16.5. The van der Waals surface area contributed by atoms with E-state index in [2.05, 4.69) is 5.16 Å². The molecule has 0 bridgehead atoms. The molecule has 2 heterocycles. The lowest BCUT2D eigenvalue weighted by Crippen LogP contribution is -2.40. The van der Waals surface area contributed by atoms with Crippen molar-refractivity contribution in [2.45, 2.75) is 19.3 Å². The van der Waals surface area contributed by atoms with Gasteiger partial charge in [-0.05, 0) is 30.9 Å². The molecule has 0 spiro atoms. The number of hydrogen-bond donors (Lipinski definition) is 0. The van der Waals surface area contributed by atoms with E-state index in [1.165, 1.54) is 0 Å². The number of methoxy groups -OCH3 is 1. The maximum Gasteiger partial charge on any atom is 0.228 e. The van der Waals surface area contributed by atoms with E-state index in [1.807, 2.05) is 29.2 Å². The van der Waals surface area contributed by atoms with Gasteiger partial charge in [-0.3, -0.25) is 4.79 Å². The first-order valence-corrected chi connectivity index (χ1v) is 7.38. The molecular formula is C16H20N2O3. The van der Waals surface area contributed by atoms with Gasteiger partial charge in [0.25, 0.3) is 0 Å². The summed E-state index contributed by atoms with van der Waals surface area (Å²) in [4.78, 5) is 14.3. The largest absolute Gasteiger partial charge is 0.384 e. The fourth-order valence-corrected chi connectivity index (χ4v) is 2.91. The van der Waals surface area contributed by atoms with Crippen molar-refractivity contribution < 1.29 is 14.1 Å². The number of aromatic nitrogens is 1. The Morgan fingerprint density at radius 1 is 1.38 bits per heavy atom. The van der Waals surface area contributed by atoms with Gasteiger partial charge < -0.3 is 14.2 Å². The molecule has 5 heteroatoms. The summed E-state index contributed by atoms with van der Waals surface area (Å²) in [6, 6.07) is 7.65. The Morgan fingerprint density at radius 3 is 2.90 bits per heavy atom. The lowest BCUT2D eigenvalue weighted by molar-refractivity contribution is -0.132.